The SMILES string of the molecule is Cc1ccc(SC(C(=O)O)c2ccccc2)cc1C. The van der Waals surface area contributed by atoms with Crippen molar-refractivity contribution in [3.63, 3.8) is 0 Å². The van der Waals surface area contributed by atoms with Gasteiger partial charge >= 0.3 is 5.97 Å². The number of thioether (sulfide) groups is 1. The van der Waals surface area contributed by atoms with Gasteiger partial charge in [-0.3, -0.25) is 4.79 Å². The number of carbonyl (C=O) groups is 1. The van der Waals surface area contributed by atoms with Crippen molar-refractivity contribution in [2.45, 2.75) is 24.0 Å². The fourth-order valence-corrected chi connectivity index (χ4v) is 2.87. The molecular weight excluding hydrogens is 256 g/mol. The molecule has 0 spiro atoms. The van der Waals surface area contributed by atoms with E-state index in [1.165, 1.54) is 22.9 Å². The van der Waals surface area contributed by atoms with Crippen LogP contribution in [0.3, 0.4) is 0 Å². The second kappa shape index (κ2) is 5.93. The van der Waals surface area contributed by atoms with Gasteiger partial charge in [-0.1, -0.05) is 36.4 Å². The van der Waals surface area contributed by atoms with Crippen LogP contribution in [-0.4, -0.2) is 11.1 Å². The van der Waals surface area contributed by atoms with Crippen molar-refractivity contribution in [1.82, 2.24) is 0 Å². The van der Waals surface area contributed by atoms with Crippen molar-refractivity contribution in [2.24, 2.45) is 0 Å². The average Bonchev–Trinajstić information content (AvgIpc) is 2.40. The molecule has 0 radical (unpaired) electrons. The Hall–Kier alpha value is -1.74. The van der Waals surface area contributed by atoms with E-state index in [2.05, 4.69) is 6.92 Å². The zero-order valence-corrected chi connectivity index (χ0v) is 11.8. The zero-order chi connectivity index (χ0) is 13.8. The van der Waals surface area contributed by atoms with Gasteiger partial charge in [0, 0.05) is 4.90 Å². The van der Waals surface area contributed by atoms with Crippen LogP contribution in [0.25, 0.3) is 0 Å². The minimum atomic E-state index is -0.811. The Morgan fingerprint density at radius 1 is 1.05 bits per heavy atom. The maximum Gasteiger partial charge on any atom is 0.321 e. The highest BCUT2D eigenvalue weighted by Crippen LogP contribution is 2.36. The normalized spacial score (nSPS) is 12.1. The monoisotopic (exact) mass is 272 g/mol. The first-order valence-corrected chi connectivity index (χ1v) is 6.97. The van der Waals surface area contributed by atoms with Crippen LogP contribution in [0.2, 0.25) is 0 Å². The summed E-state index contributed by atoms with van der Waals surface area (Å²) in [5.74, 6) is -0.811. The lowest BCUT2D eigenvalue weighted by molar-refractivity contribution is -0.136. The molecule has 0 aromatic heterocycles. The van der Waals surface area contributed by atoms with Gasteiger partial charge in [-0.15, -0.1) is 11.8 Å². The molecular formula is C16H16O2S. The summed E-state index contributed by atoms with van der Waals surface area (Å²) < 4.78 is 0. The molecule has 0 aliphatic rings. The summed E-state index contributed by atoms with van der Waals surface area (Å²) in [5.41, 5.74) is 3.22. The average molecular weight is 272 g/mol. The fourth-order valence-electron chi connectivity index (χ4n) is 1.81. The van der Waals surface area contributed by atoms with Gasteiger partial charge in [0.15, 0.2) is 0 Å². The minimum absolute atomic E-state index is 0.566. The van der Waals surface area contributed by atoms with Gasteiger partial charge < -0.3 is 5.11 Å². The molecule has 0 saturated heterocycles. The summed E-state index contributed by atoms with van der Waals surface area (Å²) in [6.07, 6.45) is 0. The van der Waals surface area contributed by atoms with E-state index in [9.17, 15) is 9.90 Å². The number of carboxylic acid groups (broad SMARTS) is 1. The predicted molar refractivity (Wildman–Crippen MR) is 78.6 cm³/mol. The third-order valence-corrected chi connectivity index (χ3v) is 4.29. The van der Waals surface area contributed by atoms with E-state index in [0.717, 1.165) is 10.5 Å². The van der Waals surface area contributed by atoms with Crippen LogP contribution < -0.4 is 0 Å². The molecule has 2 aromatic rings. The Labute approximate surface area is 117 Å². The molecule has 0 amide bonds. The van der Waals surface area contributed by atoms with Crippen LogP contribution >= 0.6 is 11.8 Å². The second-order valence-corrected chi connectivity index (χ2v) is 5.67. The molecule has 98 valence electrons. The van der Waals surface area contributed by atoms with E-state index in [1.807, 2.05) is 55.5 Å². The van der Waals surface area contributed by atoms with Crippen molar-refractivity contribution < 1.29 is 9.90 Å². The Kier molecular flexibility index (Phi) is 4.27. The van der Waals surface area contributed by atoms with E-state index in [4.69, 9.17) is 0 Å². The first-order chi connectivity index (χ1) is 9.08. The standard InChI is InChI=1S/C16H16O2S/c1-11-8-9-14(10-12(11)2)19-15(16(17)18)13-6-4-3-5-7-13/h3-10,15H,1-2H3,(H,17,18). The molecule has 0 saturated carbocycles. The molecule has 1 unspecified atom stereocenters. The molecule has 3 heteroatoms. The summed E-state index contributed by atoms with van der Waals surface area (Å²) in [5, 5.41) is 8.82. The molecule has 2 rings (SSSR count). The summed E-state index contributed by atoms with van der Waals surface area (Å²) >= 11 is 1.37. The summed E-state index contributed by atoms with van der Waals surface area (Å²) in [6.45, 7) is 4.09. The highest BCUT2D eigenvalue weighted by Gasteiger charge is 2.20. The molecule has 0 bridgehead atoms. The maximum atomic E-state index is 11.4. The molecule has 1 atom stereocenters. The lowest BCUT2D eigenvalue weighted by atomic mass is 10.1. The molecule has 2 aromatic carbocycles. The smallest absolute Gasteiger partial charge is 0.321 e. The number of rotatable bonds is 4. The van der Waals surface area contributed by atoms with Crippen LogP contribution in [-0.2, 0) is 4.79 Å². The second-order valence-electron chi connectivity index (χ2n) is 4.49. The quantitative estimate of drug-likeness (QED) is 0.847. The minimum Gasteiger partial charge on any atom is -0.480 e. The first-order valence-electron chi connectivity index (χ1n) is 6.09. The lowest BCUT2D eigenvalue weighted by Crippen LogP contribution is -2.07. The van der Waals surface area contributed by atoms with Crippen molar-refractivity contribution in [3.05, 3.63) is 65.2 Å². The Morgan fingerprint density at radius 3 is 2.32 bits per heavy atom. The molecule has 0 aliphatic carbocycles. The third-order valence-electron chi connectivity index (χ3n) is 3.06. The van der Waals surface area contributed by atoms with Gasteiger partial charge in [-0.05, 0) is 42.7 Å². The molecule has 0 aliphatic heterocycles. The predicted octanol–water partition coefficient (Wildman–Crippen LogP) is 4.22. The molecule has 2 nitrogen and oxygen atoms in total. The third kappa shape index (κ3) is 3.38. The molecule has 0 heterocycles. The first kappa shape index (κ1) is 13.7. The topological polar surface area (TPSA) is 37.3 Å². The van der Waals surface area contributed by atoms with Crippen LogP contribution in [0, 0.1) is 13.8 Å². The van der Waals surface area contributed by atoms with Gasteiger partial charge in [-0.25, -0.2) is 0 Å². The summed E-state index contributed by atoms with van der Waals surface area (Å²) in [4.78, 5) is 12.4. The maximum absolute atomic E-state index is 11.4. The Morgan fingerprint density at radius 2 is 1.74 bits per heavy atom. The number of hydrogen-bond acceptors (Lipinski definition) is 2. The zero-order valence-electron chi connectivity index (χ0n) is 11.0. The van der Waals surface area contributed by atoms with Crippen LogP contribution in [0.4, 0.5) is 0 Å². The van der Waals surface area contributed by atoms with E-state index in [-0.39, 0.29) is 0 Å². The highest BCUT2D eigenvalue weighted by molar-refractivity contribution is 8.00. The van der Waals surface area contributed by atoms with E-state index >= 15 is 0 Å². The Balaban J connectivity index is 2.27. The largest absolute Gasteiger partial charge is 0.480 e. The van der Waals surface area contributed by atoms with E-state index in [0.29, 0.717) is 0 Å². The molecule has 19 heavy (non-hydrogen) atoms. The van der Waals surface area contributed by atoms with Gasteiger partial charge in [0.1, 0.15) is 5.25 Å². The van der Waals surface area contributed by atoms with Crippen LogP contribution in [0.15, 0.2) is 53.4 Å². The number of carboxylic acids is 1. The molecule has 0 fully saturated rings. The number of hydrogen-bond donors (Lipinski definition) is 1. The Bertz CT molecular complexity index is 579. The number of aryl methyl sites for hydroxylation is 2. The fraction of sp³-hybridized carbons (Fsp3) is 0.188. The van der Waals surface area contributed by atoms with Gasteiger partial charge in [0.2, 0.25) is 0 Å². The number of benzene rings is 2. The van der Waals surface area contributed by atoms with Gasteiger partial charge in [0.25, 0.3) is 0 Å². The highest BCUT2D eigenvalue weighted by atomic mass is 32.2. The summed E-state index contributed by atoms with van der Waals surface area (Å²) in [6, 6.07) is 15.4. The lowest BCUT2D eigenvalue weighted by Gasteiger charge is -2.13. The van der Waals surface area contributed by atoms with E-state index < -0.39 is 11.2 Å². The van der Waals surface area contributed by atoms with Crippen LogP contribution in [0.5, 0.6) is 0 Å². The van der Waals surface area contributed by atoms with Crippen molar-refractivity contribution in [2.75, 3.05) is 0 Å². The van der Waals surface area contributed by atoms with Crippen molar-refractivity contribution in [3.8, 4) is 0 Å². The van der Waals surface area contributed by atoms with Crippen molar-refractivity contribution >= 4 is 17.7 Å². The van der Waals surface area contributed by atoms with Gasteiger partial charge in [0.05, 0.1) is 0 Å². The van der Waals surface area contributed by atoms with Crippen LogP contribution in [0.1, 0.15) is 21.9 Å². The number of aliphatic carboxylic acids is 1. The van der Waals surface area contributed by atoms with Crippen molar-refractivity contribution in [1.29, 1.82) is 0 Å². The summed E-state index contributed by atoms with van der Waals surface area (Å²) in [7, 11) is 0. The molecule has 1 N–H and O–H groups in total. The van der Waals surface area contributed by atoms with E-state index in [1.54, 1.807) is 0 Å². The van der Waals surface area contributed by atoms with Gasteiger partial charge in [-0.2, -0.15) is 0 Å².